The van der Waals surface area contributed by atoms with Crippen LogP contribution in [0.1, 0.15) is 28.8 Å². The number of rotatable bonds is 5. The number of hydrogen-bond donors (Lipinski definition) is 3. The molecule has 1 atom stereocenters. The maximum Gasteiger partial charge on any atom is 0.254 e. The molecule has 2 fully saturated rings. The maximum absolute atomic E-state index is 13.6. The van der Waals surface area contributed by atoms with Crippen LogP contribution in [0, 0.1) is 5.82 Å². The van der Waals surface area contributed by atoms with E-state index in [9.17, 15) is 14.3 Å². The van der Waals surface area contributed by atoms with Crippen molar-refractivity contribution in [1.29, 1.82) is 0 Å². The molecule has 3 aromatic heterocycles. The predicted molar refractivity (Wildman–Crippen MR) is 135 cm³/mol. The molecule has 9 nitrogen and oxygen atoms in total. The van der Waals surface area contributed by atoms with Crippen LogP contribution >= 0.6 is 0 Å². The van der Waals surface area contributed by atoms with Gasteiger partial charge in [-0.25, -0.2) is 14.4 Å². The van der Waals surface area contributed by atoms with Gasteiger partial charge in [0.25, 0.3) is 5.91 Å². The van der Waals surface area contributed by atoms with Gasteiger partial charge in [0.05, 0.1) is 47.2 Å². The third-order valence-electron chi connectivity index (χ3n) is 7.52. The number of carbonyl (C=O) groups is 1. The smallest absolute Gasteiger partial charge is 0.254 e. The number of imidazole rings is 1. The molecule has 0 bridgehead atoms. The Hall–Kier alpha value is -4.02. The van der Waals surface area contributed by atoms with Crippen molar-refractivity contribution in [1.82, 2.24) is 19.7 Å². The van der Waals surface area contributed by atoms with E-state index >= 15 is 0 Å². The lowest BCUT2D eigenvalue weighted by atomic mass is 9.99. The van der Waals surface area contributed by atoms with Crippen LogP contribution < -0.4 is 15.5 Å². The topological polar surface area (TPSA) is 104 Å². The van der Waals surface area contributed by atoms with Gasteiger partial charge in [-0.2, -0.15) is 0 Å². The van der Waals surface area contributed by atoms with E-state index in [4.69, 9.17) is 4.74 Å². The summed E-state index contributed by atoms with van der Waals surface area (Å²) >= 11 is 0. The van der Waals surface area contributed by atoms with Crippen molar-refractivity contribution in [3.63, 3.8) is 0 Å². The Bertz CT molecular complexity index is 1530. The van der Waals surface area contributed by atoms with Crippen LogP contribution in [0.2, 0.25) is 0 Å². The van der Waals surface area contributed by atoms with Crippen LogP contribution in [0.3, 0.4) is 0 Å². The van der Waals surface area contributed by atoms with Crippen molar-refractivity contribution in [3.05, 3.63) is 71.9 Å². The molecule has 1 aromatic carbocycles. The van der Waals surface area contributed by atoms with E-state index in [1.54, 1.807) is 18.6 Å². The number of morpholine rings is 1. The second-order valence-electron chi connectivity index (χ2n) is 9.85. The number of pyridine rings is 2. The molecule has 2 aliphatic heterocycles. The van der Waals surface area contributed by atoms with Crippen molar-refractivity contribution >= 4 is 28.7 Å². The molecule has 5 heterocycles. The molecule has 1 amide bonds. The number of nitrogens with zero attached hydrogens (tertiary/aromatic N) is 4. The number of nitrogens with one attached hydrogen (secondary N) is 2. The highest BCUT2D eigenvalue weighted by atomic mass is 19.1. The molecule has 3 N–H and O–H groups in total. The number of aliphatic hydroxyl groups is 1. The summed E-state index contributed by atoms with van der Waals surface area (Å²) in [5, 5.41) is 16.7. The Kier molecular flexibility index (Phi) is 4.95. The minimum absolute atomic E-state index is 0.159. The molecule has 1 saturated heterocycles. The molecule has 1 aliphatic carbocycles. The van der Waals surface area contributed by atoms with E-state index in [0.29, 0.717) is 42.4 Å². The minimum atomic E-state index is -0.680. The zero-order chi connectivity index (χ0) is 25.1. The number of ether oxygens (including phenoxy) is 1. The Labute approximate surface area is 211 Å². The van der Waals surface area contributed by atoms with Gasteiger partial charge in [0.1, 0.15) is 23.4 Å². The number of fused-ring (bicyclic) bond motifs is 2. The standard InChI is InChI=1S/C27H25FN6O3/c28-16-5-8-34-21(14-30-24(34)11-16)18-2-3-20(25-19(18)13-31-26(25)35)32-23-4-1-17(12-29-23)33-9-10-37-22(15-33)27(36)6-7-27/h1-5,8,11-12,14,22,36H,6-7,9-10,13,15H2,(H,29,32)(H,31,35)/t22-/m1/s1. The van der Waals surface area contributed by atoms with Crippen molar-refractivity contribution in [2.75, 3.05) is 29.9 Å². The van der Waals surface area contributed by atoms with Crippen molar-refractivity contribution in [3.8, 4) is 11.3 Å². The fourth-order valence-corrected chi connectivity index (χ4v) is 5.29. The number of benzene rings is 1. The normalized spacial score (nSPS) is 20.1. The summed E-state index contributed by atoms with van der Waals surface area (Å²) in [4.78, 5) is 23.9. The Morgan fingerprint density at radius 2 is 2.05 bits per heavy atom. The Balaban J connectivity index is 1.16. The lowest BCUT2D eigenvalue weighted by Crippen LogP contribution is -2.48. The first-order chi connectivity index (χ1) is 18.0. The minimum Gasteiger partial charge on any atom is -0.387 e. The van der Waals surface area contributed by atoms with Gasteiger partial charge in [0, 0.05) is 37.5 Å². The van der Waals surface area contributed by atoms with Gasteiger partial charge >= 0.3 is 0 Å². The van der Waals surface area contributed by atoms with Crippen LogP contribution in [-0.2, 0) is 11.3 Å². The fraction of sp³-hybridized carbons (Fsp3) is 0.296. The highest BCUT2D eigenvalue weighted by molar-refractivity contribution is 6.06. The first kappa shape index (κ1) is 22.2. The lowest BCUT2D eigenvalue weighted by molar-refractivity contribution is -0.0586. The van der Waals surface area contributed by atoms with E-state index in [1.165, 1.54) is 12.1 Å². The molecule has 7 rings (SSSR count). The van der Waals surface area contributed by atoms with Crippen molar-refractivity contribution in [2.45, 2.75) is 31.1 Å². The summed E-state index contributed by atoms with van der Waals surface area (Å²) in [6.07, 6.45) is 6.54. The highest BCUT2D eigenvalue weighted by Gasteiger charge is 2.50. The number of carbonyl (C=O) groups excluding carboxylic acids is 1. The molecule has 4 aromatic rings. The van der Waals surface area contributed by atoms with Gasteiger partial charge in [0.15, 0.2) is 0 Å². The van der Waals surface area contributed by atoms with Gasteiger partial charge in [-0.05, 0) is 42.7 Å². The molecule has 1 saturated carbocycles. The van der Waals surface area contributed by atoms with Crippen LogP contribution in [0.5, 0.6) is 0 Å². The molecule has 188 valence electrons. The summed E-state index contributed by atoms with van der Waals surface area (Å²) in [5.41, 5.74) is 4.52. The summed E-state index contributed by atoms with van der Waals surface area (Å²) in [6, 6.07) is 10.4. The maximum atomic E-state index is 13.6. The van der Waals surface area contributed by atoms with Crippen molar-refractivity contribution in [2.24, 2.45) is 0 Å². The van der Waals surface area contributed by atoms with E-state index < -0.39 is 5.60 Å². The number of hydrogen-bond acceptors (Lipinski definition) is 7. The van der Waals surface area contributed by atoms with Crippen LogP contribution in [0.15, 0.2) is 55.0 Å². The molecular weight excluding hydrogens is 475 g/mol. The van der Waals surface area contributed by atoms with Crippen LogP contribution in [-0.4, -0.2) is 56.8 Å². The average molecular weight is 501 g/mol. The summed E-state index contributed by atoms with van der Waals surface area (Å²) in [5.74, 6) is 0.112. The zero-order valence-corrected chi connectivity index (χ0v) is 19.9. The largest absolute Gasteiger partial charge is 0.387 e. The van der Waals surface area contributed by atoms with Gasteiger partial charge in [-0.3, -0.25) is 9.20 Å². The molecule has 3 aliphatic rings. The Morgan fingerprint density at radius 1 is 1.16 bits per heavy atom. The molecule has 10 heteroatoms. The van der Waals surface area contributed by atoms with Gasteiger partial charge < -0.3 is 25.4 Å². The zero-order valence-electron chi connectivity index (χ0n) is 19.9. The van der Waals surface area contributed by atoms with Gasteiger partial charge in [0.2, 0.25) is 0 Å². The second kappa shape index (κ2) is 8.25. The fourth-order valence-electron chi connectivity index (χ4n) is 5.29. The lowest BCUT2D eigenvalue weighted by Gasteiger charge is -2.36. The molecule has 0 spiro atoms. The summed E-state index contributed by atoms with van der Waals surface area (Å²) in [7, 11) is 0. The molecule has 0 unspecified atom stereocenters. The quantitative estimate of drug-likeness (QED) is 0.387. The monoisotopic (exact) mass is 500 g/mol. The van der Waals surface area contributed by atoms with E-state index in [-0.39, 0.29) is 17.8 Å². The third kappa shape index (κ3) is 3.80. The summed E-state index contributed by atoms with van der Waals surface area (Å²) in [6.45, 7) is 2.34. The van der Waals surface area contributed by atoms with E-state index in [1.807, 2.05) is 28.7 Å². The molecule has 37 heavy (non-hydrogen) atoms. The molecule has 0 radical (unpaired) electrons. The third-order valence-corrected chi connectivity index (χ3v) is 7.52. The first-order valence-corrected chi connectivity index (χ1v) is 12.4. The number of halogens is 1. The van der Waals surface area contributed by atoms with Crippen LogP contribution in [0.25, 0.3) is 16.9 Å². The van der Waals surface area contributed by atoms with Crippen LogP contribution in [0.4, 0.5) is 21.6 Å². The highest BCUT2D eigenvalue weighted by Crippen LogP contribution is 2.41. The molecular formula is C27H25FN6O3. The SMILES string of the molecule is O=C1NCc2c(-c3cnc4cc(F)ccn34)ccc(Nc3ccc(N4CCO[C@@H](C5(O)CC5)C4)cn3)c21. The van der Waals surface area contributed by atoms with E-state index in [0.717, 1.165) is 41.9 Å². The average Bonchev–Trinajstić information content (AvgIpc) is 3.35. The number of anilines is 3. The number of aromatic nitrogens is 3. The summed E-state index contributed by atoms with van der Waals surface area (Å²) < 4.78 is 21.2. The predicted octanol–water partition coefficient (Wildman–Crippen LogP) is 3.25. The second-order valence-corrected chi connectivity index (χ2v) is 9.85. The van der Waals surface area contributed by atoms with Gasteiger partial charge in [-0.15, -0.1) is 0 Å². The Morgan fingerprint density at radius 3 is 2.86 bits per heavy atom. The van der Waals surface area contributed by atoms with Crippen molar-refractivity contribution < 1.29 is 19.0 Å². The first-order valence-electron chi connectivity index (χ1n) is 12.4. The van der Waals surface area contributed by atoms with E-state index in [2.05, 4.69) is 25.5 Å². The number of amides is 1. The van der Waals surface area contributed by atoms with Gasteiger partial charge in [-0.1, -0.05) is 6.07 Å².